The SMILES string of the molecule is CNC(=O)c1ccn(-c2ccc(Cl)cc2C=O)n1. The first kappa shape index (κ1) is 12.3. The summed E-state index contributed by atoms with van der Waals surface area (Å²) in [5.41, 5.74) is 1.27. The first-order valence-electron chi connectivity index (χ1n) is 5.18. The Morgan fingerprint density at radius 3 is 2.89 bits per heavy atom. The minimum atomic E-state index is -0.282. The molecule has 0 saturated carbocycles. The van der Waals surface area contributed by atoms with E-state index in [0.717, 1.165) is 0 Å². The van der Waals surface area contributed by atoms with Crippen molar-refractivity contribution in [1.29, 1.82) is 0 Å². The van der Waals surface area contributed by atoms with Crippen molar-refractivity contribution in [3.05, 3.63) is 46.7 Å². The van der Waals surface area contributed by atoms with Crippen LogP contribution in [-0.4, -0.2) is 29.0 Å². The van der Waals surface area contributed by atoms with Crippen molar-refractivity contribution in [1.82, 2.24) is 15.1 Å². The van der Waals surface area contributed by atoms with E-state index in [2.05, 4.69) is 10.4 Å². The van der Waals surface area contributed by atoms with Crippen molar-refractivity contribution in [3.8, 4) is 5.69 Å². The smallest absolute Gasteiger partial charge is 0.271 e. The van der Waals surface area contributed by atoms with E-state index in [-0.39, 0.29) is 11.6 Å². The van der Waals surface area contributed by atoms with Crippen LogP contribution < -0.4 is 5.32 Å². The van der Waals surface area contributed by atoms with Gasteiger partial charge in [-0.1, -0.05) is 11.6 Å². The van der Waals surface area contributed by atoms with Gasteiger partial charge in [-0.25, -0.2) is 4.68 Å². The Morgan fingerprint density at radius 1 is 1.44 bits per heavy atom. The number of carbonyl (C=O) groups excluding carboxylic acids is 2. The lowest BCUT2D eigenvalue weighted by Gasteiger charge is -2.04. The highest BCUT2D eigenvalue weighted by Gasteiger charge is 2.10. The van der Waals surface area contributed by atoms with Crippen molar-refractivity contribution in [3.63, 3.8) is 0 Å². The molecular formula is C12H10ClN3O2. The number of halogens is 1. The zero-order valence-corrected chi connectivity index (χ0v) is 10.3. The number of hydrogen-bond acceptors (Lipinski definition) is 3. The summed E-state index contributed by atoms with van der Waals surface area (Å²) < 4.78 is 1.46. The molecule has 1 aromatic carbocycles. The monoisotopic (exact) mass is 263 g/mol. The van der Waals surface area contributed by atoms with Crippen molar-refractivity contribution in [2.75, 3.05) is 7.05 Å². The van der Waals surface area contributed by atoms with Crippen LogP contribution in [0.15, 0.2) is 30.5 Å². The Bertz CT molecular complexity index is 607. The van der Waals surface area contributed by atoms with Crippen LogP contribution in [0.2, 0.25) is 5.02 Å². The fourth-order valence-electron chi connectivity index (χ4n) is 1.54. The third-order valence-electron chi connectivity index (χ3n) is 2.41. The predicted molar refractivity (Wildman–Crippen MR) is 67.4 cm³/mol. The fraction of sp³-hybridized carbons (Fsp3) is 0.0833. The molecule has 0 aliphatic rings. The number of aromatic nitrogens is 2. The summed E-state index contributed by atoms with van der Waals surface area (Å²) in [5, 5.41) is 7.04. The van der Waals surface area contributed by atoms with Crippen LogP contribution in [0, 0.1) is 0 Å². The quantitative estimate of drug-likeness (QED) is 0.857. The Labute approximate surface area is 108 Å². The van der Waals surface area contributed by atoms with Gasteiger partial charge in [0.1, 0.15) is 0 Å². The van der Waals surface area contributed by atoms with Gasteiger partial charge in [0.15, 0.2) is 12.0 Å². The van der Waals surface area contributed by atoms with Crippen molar-refractivity contribution in [2.24, 2.45) is 0 Å². The summed E-state index contributed by atoms with van der Waals surface area (Å²) in [6, 6.07) is 6.45. The maximum absolute atomic E-state index is 11.4. The molecule has 92 valence electrons. The van der Waals surface area contributed by atoms with Gasteiger partial charge in [0, 0.05) is 23.8 Å². The molecule has 1 aromatic heterocycles. The lowest BCUT2D eigenvalue weighted by molar-refractivity contribution is 0.0957. The van der Waals surface area contributed by atoms with E-state index in [1.165, 1.54) is 11.7 Å². The van der Waals surface area contributed by atoms with Crippen molar-refractivity contribution >= 4 is 23.8 Å². The zero-order chi connectivity index (χ0) is 13.1. The van der Waals surface area contributed by atoms with Crippen LogP contribution in [0.3, 0.4) is 0 Å². The van der Waals surface area contributed by atoms with Gasteiger partial charge in [-0.2, -0.15) is 5.10 Å². The number of nitrogens with zero attached hydrogens (tertiary/aromatic N) is 2. The molecule has 2 rings (SSSR count). The summed E-state index contributed by atoms with van der Waals surface area (Å²) in [6.07, 6.45) is 2.31. The molecule has 0 spiro atoms. The van der Waals surface area contributed by atoms with Crippen LogP contribution in [0.1, 0.15) is 20.8 Å². The van der Waals surface area contributed by atoms with Gasteiger partial charge in [-0.15, -0.1) is 0 Å². The maximum atomic E-state index is 11.4. The van der Waals surface area contributed by atoms with Crippen LogP contribution in [-0.2, 0) is 0 Å². The van der Waals surface area contributed by atoms with Gasteiger partial charge in [0.05, 0.1) is 5.69 Å². The first-order valence-corrected chi connectivity index (χ1v) is 5.56. The molecule has 0 aliphatic carbocycles. The van der Waals surface area contributed by atoms with Crippen LogP contribution in [0.25, 0.3) is 5.69 Å². The molecule has 18 heavy (non-hydrogen) atoms. The largest absolute Gasteiger partial charge is 0.354 e. The second-order valence-corrected chi connectivity index (χ2v) is 3.98. The highest BCUT2D eigenvalue weighted by atomic mass is 35.5. The summed E-state index contributed by atoms with van der Waals surface area (Å²) >= 11 is 5.81. The van der Waals surface area contributed by atoms with Crippen molar-refractivity contribution in [2.45, 2.75) is 0 Å². The van der Waals surface area contributed by atoms with E-state index in [0.29, 0.717) is 22.6 Å². The summed E-state index contributed by atoms with van der Waals surface area (Å²) in [6.45, 7) is 0. The highest BCUT2D eigenvalue weighted by Crippen LogP contribution is 2.18. The van der Waals surface area contributed by atoms with E-state index in [9.17, 15) is 9.59 Å². The number of amides is 1. The molecule has 0 aliphatic heterocycles. The topological polar surface area (TPSA) is 64.0 Å². The van der Waals surface area contributed by atoms with Crippen LogP contribution in [0.4, 0.5) is 0 Å². The van der Waals surface area contributed by atoms with E-state index in [1.54, 1.807) is 30.5 Å². The lowest BCUT2D eigenvalue weighted by atomic mass is 10.2. The molecule has 5 nitrogen and oxygen atoms in total. The highest BCUT2D eigenvalue weighted by molar-refractivity contribution is 6.30. The van der Waals surface area contributed by atoms with Gasteiger partial charge < -0.3 is 5.32 Å². The molecular weight excluding hydrogens is 254 g/mol. The number of carbonyl (C=O) groups is 2. The first-order chi connectivity index (χ1) is 8.65. The summed E-state index contributed by atoms with van der Waals surface area (Å²) in [7, 11) is 1.53. The second kappa shape index (κ2) is 5.01. The second-order valence-electron chi connectivity index (χ2n) is 3.55. The number of benzene rings is 1. The fourth-order valence-corrected chi connectivity index (χ4v) is 1.72. The molecule has 6 heteroatoms. The number of nitrogens with one attached hydrogen (secondary N) is 1. The molecule has 0 bridgehead atoms. The molecule has 0 atom stereocenters. The number of rotatable bonds is 3. The van der Waals surface area contributed by atoms with Crippen molar-refractivity contribution < 1.29 is 9.59 Å². The maximum Gasteiger partial charge on any atom is 0.271 e. The molecule has 2 aromatic rings. The number of aldehydes is 1. The van der Waals surface area contributed by atoms with E-state index >= 15 is 0 Å². The minimum Gasteiger partial charge on any atom is -0.354 e. The Balaban J connectivity index is 2.46. The van der Waals surface area contributed by atoms with Gasteiger partial charge in [0.2, 0.25) is 0 Å². The van der Waals surface area contributed by atoms with E-state index < -0.39 is 0 Å². The van der Waals surface area contributed by atoms with Gasteiger partial charge in [-0.3, -0.25) is 9.59 Å². The average molecular weight is 264 g/mol. The molecule has 1 N–H and O–H groups in total. The molecule has 0 unspecified atom stereocenters. The van der Waals surface area contributed by atoms with Gasteiger partial charge >= 0.3 is 0 Å². The predicted octanol–water partition coefficient (Wildman–Crippen LogP) is 1.70. The number of hydrogen-bond donors (Lipinski definition) is 1. The third kappa shape index (κ3) is 2.26. The molecule has 1 heterocycles. The average Bonchev–Trinajstić information content (AvgIpc) is 2.87. The normalized spacial score (nSPS) is 10.1. The zero-order valence-electron chi connectivity index (χ0n) is 9.55. The molecule has 0 saturated heterocycles. The van der Waals surface area contributed by atoms with Crippen LogP contribution in [0.5, 0.6) is 0 Å². The third-order valence-corrected chi connectivity index (χ3v) is 2.65. The van der Waals surface area contributed by atoms with Gasteiger partial charge in [-0.05, 0) is 24.3 Å². The summed E-state index contributed by atoms with van der Waals surface area (Å²) in [4.78, 5) is 22.4. The Hall–Kier alpha value is -2.14. The Morgan fingerprint density at radius 2 is 2.22 bits per heavy atom. The standard InChI is InChI=1S/C12H10ClN3O2/c1-14-12(18)10-4-5-16(15-10)11-3-2-9(13)6-8(11)7-17/h2-7H,1H3,(H,14,18). The Kier molecular flexibility index (Phi) is 3.43. The van der Waals surface area contributed by atoms with Gasteiger partial charge in [0.25, 0.3) is 5.91 Å². The van der Waals surface area contributed by atoms with Crippen LogP contribution >= 0.6 is 11.6 Å². The molecule has 0 radical (unpaired) electrons. The minimum absolute atomic E-state index is 0.282. The summed E-state index contributed by atoms with van der Waals surface area (Å²) in [5.74, 6) is -0.282. The molecule has 1 amide bonds. The van der Waals surface area contributed by atoms with E-state index in [1.807, 2.05) is 0 Å². The van der Waals surface area contributed by atoms with E-state index in [4.69, 9.17) is 11.6 Å². The molecule has 0 fully saturated rings. The lowest BCUT2D eigenvalue weighted by Crippen LogP contribution is -2.18.